The molecule has 0 aromatic heterocycles. The van der Waals surface area contributed by atoms with Crippen molar-refractivity contribution in [1.82, 2.24) is 5.32 Å². The first-order valence-corrected chi connectivity index (χ1v) is 6.34. The molecule has 0 saturated heterocycles. The van der Waals surface area contributed by atoms with E-state index in [4.69, 9.17) is 28.8 Å². The van der Waals surface area contributed by atoms with Crippen LogP contribution >= 0.6 is 0 Å². The number of aliphatic carboxylic acids is 1. The second-order valence-corrected chi connectivity index (χ2v) is 4.39. The van der Waals surface area contributed by atoms with Crippen LogP contribution in [0, 0.1) is 17.7 Å². The minimum absolute atomic E-state index is 0.688. The van der Waals surface area contributed by atoms with E-state index in [1.807, 2.05) is 0 Å². The van der Waals surface area contributed by atoms with Gasteiger partial charge in [0.05, 0.1) is 6.85 Å². The summed E-state index contributed by atoms with van der Waals surface area (Å²) < 4.78 is 169. The molecule has 1 fully saturated rings. The largest absolute Gasteiger partial charge is 0.480 e. The molecule has 2 N–H and O–H groups in total. The van der Waals surface area contributed by atoms with Crippen molar-refractivity contribution in [3.63, 3.8) is 0 Å². The molecule has 0 unspecified atom stereocenters. The predicted molar refractivity (Wildman–Crippen MR) is 90.0 cm³/mol. The van der Waals surface area contributed by atoms with Crippen LogP contribution in [0.2, 0.25) is 0 Å². The van der Waals surface area contributed by atoms with E-state index in [0.29, 0.717) is 0 Å². The summed E-state index contributed by atoms with van der Waals surface area (Å²) in [4.78, 5) is 25.6. The fourth-order valence-electron chi connectivity index (χ4n) is 1.59. The summed E-state index contributed by atoms with van der Waals surface area (Å²) in [6.07, 6.45) is -19.0. The zero-order chi connectivity index (χ0) is 35.2. The highest BCUT2D eigenvalue weighted by atomic mass is 16.4. The first-order chi connectivity index (χ1) is 19.2. The molecule has 1 amide bonds. The number of hydrogen-bond acceptors (Lipinski definition) is 2. The molecule has 0 bridgehead atoms. The van der Waals surface area contributed by atoms with Gasteiger partial charge in [-0.05, 0) is 42.9 Å². The number of carboxylic acids is 1. The summed E-state index contributed by atoms with van der Waals surface area (Å²) in [5.74, 6) is -16.6. The summed E-state index contributed by atoms with van der Waals surface area (Å²) in [6.45, 7) is -7.88. The fourth-order valence-corrected chi connectivity index (χ4v) is 1.59. The van der Waals surface area contributed by atoms with Gasteiger partial charge < -0.3 is 10.4 Å². The van der Waals surface area contributed by atoms with Crippen molar-refractivity contribution in [1.29, 1.82) is 0 Å². The van der Waals surface area contributed by atoms with Gasteiger partial charge in [-0.3, -0.25) is 4.79 Å². The van der Waals surface area contributed by atoms with E-state index in [1.165, 1.54) is 5.32 Å². The molecule has 0 aliphatic heterocycles. The van der Waals surface area contributed by atoms with E-state index in [9.17, 15) is 14.7 Å². The van der Waals surface area contributed by atoms with Crippen molar-refractivity contribution in [3.05, 3.63) is 35.8 Å². The van der Waals surface area contributed by atoms with Gasteiger partial charge in [0.25, 0.3) is 0 Å². The van der Waals surface area contributed by atoms with Gasteiger partial charge in [0, 0.05) is 34.2 Å². The minimum Gasteiger partial charge on any atom is -0.480 e. The Morgan fingerprint density at radius 2 is 2.00 bits per heavy atom. The van der Waals surface area contributed by atoms with Crippen LogP contribution < -0.4 is 5.32 Å². The Morgan fingerprint density at radius 3 is 2.57 bits per heavy atom. The van der Waals surface area contributed by atoms with Crippen LogP contribution in [-0.2, 0) is 16.0 Å². The molecular formula is C19H27NO3. The molecule has 1 aliphatic rings. The number of carboxylic acid groups (broad SMARTS) is 1. The summed E-state index contributed by atoms with van der Waals surface area (Å²) in [7, 11) is 0. The Labute approximate surface area is 167 Å². The molecule has 126 valence electrons. The highest BCUT2D eigenvalue weighted by Gasteiger charge is 2.30. The smallest absolute Gasteiger partial charge is 0.326 e. The van der Waals surface area contributed by atoms with E-state index in [1.54, 1.807) is 0 Å². The highest BCUT2D eigenvalue weighted by Crippen LogP contribution is 2.33. The van der Waals surface area contributed by atoms with Crippen LogP contribution in [0.15, 0.2) is 30.2 Å². The molecule has 1 aromatic rings. The van der Waals surface area contributed by atoms with Crippen molar-refractivity contribution in [2.24, 2.45) is 17.7 Å². The summed E-state index contributed by atoms with van der Waals surface area (Å²) in [5.41, 5.74) is -0.688. The SMILES string of the molecule is [2H]c1c([2H])c([2H])c(C[C@@H](NC(=O)C2([2H])C([2H])([2H])C([2H])([2H])C([2H])(C(C([2H])([2H])[2H])C([2H])([2H])[2H])C([2H])([2H])C2([2H])[2H])C(=O)O)c([2H])c1[2H]. The van der Waals surface area contributed by atoms with Gasteiger partial charge in [-0.25, -0.2) is 4.79 Å². The number of rotatable bonds is 6. The lowest BCUT2D eigenvalue weighted by Crippen LogP contribution is -2.45. The lowest BCUT2D eigenvalue weighted by Gasteiger charge is -2.30. The van der Waals surface area contributed by atoms with Gasteiger partial charge >= 0.3 is 5.97 Å². The number of nitrogens with one attached hydrogen (secondary N) is 1. The Balaban J connectivity index is 2.83. The van der Waals surface area contributed by atoms with Gasteiger partial charge in [-0.2, -0.15) is 0 Å². The van der Waals surface area contributed by atoms with Gasteiger partial charge in [0.1, 0.15) is 6.04 Å². The van der Waals surface area contributed by atoms with Crippen LogP contribution in [0.5, 0.6) is 0 Å². The zero-order valence-corrected chi connectivity index (χ0v) is 11.6. The molecule has 1 aliphatic carbocycles. The normalized spacial score (nSPS) is 52.1. The number of amides is 1. The molecule has 4 nitrogen and oxygen atoms in total. The van der Waals surface area contributed by atoms with Gasteiger partial charge in [-0.1, -0.05) is 43.9 Å². The second kappa shape index (κ2) is 8.14. The highest BCUT2D eigenvalue weighted by molar-refractivity contribution is 5.85. The topological polar surface area (TPSA) is 66.4 Å². The van der Waals surface area contributed by atoms with Crippen LogP contribution in [0.1, 0.15) is 73.5 Å². The third kappa shape index (κ3) is 5.08. The summed E-state index contributed by atoms with van der Waals surface area (Å²) >= 11 is 0. The van der Waals surface area contributed by atoms with Crippen molar-refractivity contribution >= 4 is 11.9 Å². The summed E-state index contributed by atoms with van der Waals surface area (Å²) in [6, 6.07) is -6.90. The van der Waals surface area contributed by atoms with Gasteiger partial charge in [0.15, 0.2) is 0 Å². The second-order valence-electron chi connectivity index (χ2n) is 4.39. The fraction of sp³-hybridized carbons (Fsp3) is 0.579. The molecule has 2 rings (SSSR count). The Bertz CT molecular complexity index is 1280. The van der Waals surface area contributed by atoms with E-state index in [-0.39, 0.29) is 0 Å². The Hall–Kier alpha value is -1.84. The molecule has 1 saturated carbocycles. The van der Waals surface area contributed by atoms with E-state index in [0.717, 1.165) is 0 Å². The monoisotopic (exact) mass is 338 g/mol. The van der Waals surface area contributed by atoms with Crippen LogP contribution in [0.4, 0.5) is 0 Å². The standard InChI is InChI=1S/C19H27NO3/c1-13(2)15-8-10-16(11-9-15)18(21)20-17(19(22)23)12-14-6-4-3-5-7-14/h3-7,13,15-17H,8-12H2,1-2H3,(H,20,21)(H,22,23)/t15?,16?,17-/m1/s1/i1D3,2D3,3D,4D,5D,6D,7D,8D2,9D2,10D2,11D2,15D,16D. The van der Waals surface area contributed by atoms with Gasteiger partial charge in [-0.15, -0.1) is 0 Å². The quantitative estimate of drug-likeness (QED) is 0.836. The van der Waals surface area contributed by atoms with Crippen molar-refractivity contribution in [3.8, 4) is 0 Å². The number of carbonyl (C=O) groups is 2. The molecule has 1 atom stereocenters. The van der Waals surface area contributed by atoms with E-state index >= 15 is 0 Å². The number of benzene rings is 1. The average Bonchev–Trinajstić information content (AvgIpc) is 2.84. The van der Waals surface area contributed by atoms with Crippen molar-refractivity contribution < 1.29 is 43.5 Å². The average molecular weight is 339 g/mol. The van der Waals surface area contributed by atoms with Crippen LogP contribution in [0.3, 0.4) is 0 Å². The maximum Gasteiger partial charge on any atom is 0.326 e. The maximum absolute atomic E-state index is 13.5. The first-order valence-electron chi connectivity index (χ1n) is 16.8. The van der Waals surface area contributed by atoms with E-state index in [2.05, 4.69) is 0 Å². The Morgan fingerprint density at radius 1 is 1.35 bits per heavy atom. The number of hydrogen-bond donors (Lipinski definition) is 2. The predicted octanol–water partition coefficient (Wildman–Crippen LogP) is 3.26. The zero-order valence-electron chi connectivity index (χ0n) is 32.6. The summed E-state index contributed by atoms with van der Waals surface area (Å²) in [5, 5.41) is 11.2. The van der Waals surface area contributed by atoms with E-state index < -0.39 is 117 Å². The molecular weight excluding hydrogens is 290 g/mol. The maximum atomic E-state index is 13.5. The lowest BCUT2D eigenvalue weighted by atomic mass is 9.76. The Kier molecular flexibility index (Phi) is 1.63. The minimum atomic E-state index is -4.47. The third-order valence-corrected chi connectivity index (χ3v) is 2.72. The van der Waals surface area contributed by atoms with Crippen molar-refractivity contribution in [2.75, 3.05) is 0 Å². The van der Waals surface area contributed by atoms with Crippen LogP contribution in [-0.4, -0.2) is 23.0 Å². The first kappa shape index (κ1) is 4.62. The van der Waals surface area contributed by atoms with Crippen molar-refractivity contribution in [2.45, 2.75) is 51.7 Å². The van der Waals surface area contributed by atoms with Gasteiger partial charge in [0.2, 0.25) is 5.91 Å². The molecule has 0 radical (unpaired) electrons. The lowest BCUT2D eigenvalue weighted by molar-refractivity contribution is -0.142. The third-order valence-electron chi connectivity index (χ3n) is 2.72. The van der Waals surface area contributed by atoms with Crippen LogP contribution in [0.25, 0.3) is 0 Å². The molecule has 1 aromatic carbocycles. The molecule has 0 spiro atoms. The number of carbonyl (C=O) groups excluding carboxylic acids is 1. The molecule has 23 heavy (non-hydrogen) atoms. The molecule has 4 heteroatoms. The molecule has 0 heterocycles.